The molecule has 0 bridgehead atoms. The molecule has 1 atom stereocenters. The summed E-state index contributed by atoms with van der Waals surface area (Å²) in [7, 11) is 0. The first kappa shape index (κ1) is 19.1. The molecule has 0 radical (unpaired) electrons. The van der Waals surface area contributed by atoms with E-state index in [0.29, 0.717) is 19.6 Å². The molecule has 0 aliphatic carbocycles. The van der Waals surface area contributed by atoms with Crippen LogP contribution in [0.2, 0.25) is 0 Å². The second-order valence-electron chi connectivity index (χ2n) is 5.70. The van der Waals surface area contributed by atoms with Gasteiger partial charge in [0, 0.05) is 22.7 Å². The van der Waals surface area contributed by atoms with Gasteiger partial charge in [0.15, 0.2) is 0 Å². The van der Waals surface area contributed by atoms with Crippen LogP contribution in [-0.4, -0.2) is 55.4 Å². The lowest BCUT2D eigenvalue weighted by Crippen LogP contribution is -2.40. The van der Waals surface area contributed by atoms with Gasteiger partial charge in [-0.2, -0.15) is 5.10 Å². The number of carbonyl (C=O) groups excluding carboxylic acids is 1. The van der Waals surface area contributed by atoms with Gasteiger partial charge in [-0.15, -0.1) is 11.3 Å². The van der Waals surface area contributed by atoms with Crippen LogP contribution in [0.25, 0.3) is 0 Å². The molecule has 1 amide bonds. The molecule has 8 nitrogen and oxygen atoms in total. The maximum atomic E-state index is 12.8. The molecule has 2 N–H and O–H groups in total. The smallest absolute Gasteiger partial charge is 0.290 e. The fourth-order valence-electron chi connectivity index (χ4n) is 2.84. The summed E-state index contributed by atoms with van der Waals surface area (Å²) in [5.41, 5.74) is 0. The van der Waals surface area contributed by atoms with Crippen molar-refractivity contribution in [2.45, 2.75) is 32.9 Å². The molecule has 1 aliphatic rings. The lowest BCUT2D eigenvalue weighted by molar-refractivity contribution is -0.137. The quantitative estimate of drug-likeness (QED) is 0.762. The minimum Gasteiger partial charge on any atom is -0.483 e. The Morgan fingerprint density at radius 2 is 2.28 bits per heavy atom. The second kappa shape index (κ2) is 9.28. The topological polar surface area (TPSA) is 109 Å². The van der Waals surface area contributed by atoms with Crippen molar-refractivity contribution in [2.24, 2.45) is 5.92 Å². The van der Waals surface area contributed by atoms with Crippen LogP contribution >= 0.6 is 11.3 Å². The molecule has 9 heteroatoms. The summed E-state index contributed by atoms with van der Waals surface area (Å²) in [6, 6.07) is 4.11. The molecule has 0 fully saturated rings. The first-order valence-electron chi connectivity index (χ1n) is 7.98. The first-order chi connectivity index (χ1) is 12.1. The molecule has 136 valence electrons. The molecule has 1 unspecified atom stereocenters. The van der Waals surface area contributed by atoms with Crippen molar-refractivity contribution in [2.75, 3.05) is 13.2 Å². The Hall–Kier alpha value is -2.26. The van der Waals surface area contributed by atoms with Gasteiger partial charge in [-0.05, 0) is 25.5 Å². The predicted molar refractivity (Wildman–Crippen MR) is 92.1 cm³/mol. The van der Waals surface area contributed by atoms with Crippen LogP contribution in [0.3, 0.4) is 0 Å². The molecular weight excluding hydrogens is 344 g/mol. The van der Waals surface area contributed by atoms with Crippen LogP contribution in [0, 0.1) is 12.8 Å². The maximum Gasteiger partial charge on any atom is 0.290 e. The van der Waals surface area contributed by atoms with E-state index in [-0.39, 0.29) is 24.9 Å². The van der Waals surface area contributed by atoms with E-state index in [1.54, 1.807) is 22.6 Å². The molecule has 2 aromatic heterocycles. The van der Waals surface area contributed by atoms with E-state index < -0.39 is 0 Å². The number of carboxylic acid groups (broad SMARTS) is 1. The number of hydrogen-bond donors (Lipinski definition) is 2. The number of fused-ring (bicyclic) bond motifs is 1. The minimum atomic E-state index is -0.250. The van der Waals surface area contributed by atoms with E-state index in [1.165, 1.54) is 4.88 Å². The van der Waals surface area contributed by atoms with Crippen molar-refractivity contribution in [1.29, 1.82) is 0 Å². The number of amides is 1. The summed E-state index contributed by atoms with van der Waals surface area (Å²) >= 11 is 1.69. The van der Waals surface area contributed by atoms with Crippen LogP contribution in [0.1, 0.15) is 22.0 Å². The largest absolute Gasteiger partial charge is 0.483 e. The van der Waals surface area contributed by atoms with Crippen molar-refractivity contribution in [3.8, 4) is 0 Å². The van der Waals surface area contributed by atoms with E-state index in [1.807, 2.05) is 10.7 Å². The van der Waals surface area contributed by atoms with Gasteiger partial charge < -0.3 is 15.1 Å². The fraction of sp³-hybridized carbons (Fsp3) is 0.500. The fourth-order valence-corrected chi connectivity index (χ4v) is 3.75. The number of aryl methyl sites for hydroxylation is 2. The van der Waals surface area contributed by atoms with Gasteiger partial charge in [0.2, 0.25) is 5.91 Å². The van der Waals surface area contributed by atoms with Gasteiger partial charge in [-0.3, -0.25) is 9.59 Å². The zero-order valence-electron chi connectivity index (χ0n) is 14.0. The normalized spacial score (nSPS) is 15.7. The van der Waals surface area contributed by atoms with Crippen LogP contribution < -0.4 is 0 Å². The third-order valence-electron chi connectivity index (χ3n) is 3.98. The third-order valence-corrected chi connectivity index (χ3v) is 4.96. The Labute approximate surface area is 149 Å². The lowest BCUT2D eigenvalue weighted by atomic mass is 9.98. The average Bonchev–Trinajstić information content (AvgIpc) is 3.22. The van der Waals surface area contributed by atoms with Gasteiger partial charge in [0.1, 0.15) is 12.2 Å². The number of aromatic nitrogens is 3. The summed E-state index contributed by atoms with van der Waals surface area (Å²) in [6.45, 7) is 3.31. The molecule has 0 saturated carbocycles. The highest BCUT2D eigenvalue weighted by Crippen LogP contribution is 2.22. The maximum absolute atomic E-state index is 12.8. The summed E-state index contributed by atoms with van der Waals surface area (Å²) in [4.78, 5) is 29.5. The van der Waals surface area contributed by atoms with Gasteiger partial charge in [0.25, 0.3) is 6.47 Å². The molecule has 25 heavy (non-hydrogen) atoms. The monoisotopic (exact) mass is 366 g/mol. The Morgan fingerprint density at radius 3 is 2.92 bits per heavy atom. The van der Waals surface area contributed by atoms with Gasteiger partial charge in [-0.1, -0.05) is 0 Å². The van der Waals surface area contributed by atoms with Crippen molar-refractivity contribution >= 4 is 23.7 Å². The van der Waals surface area contributed by atoms with Crippen LogP contribution in [0.5, 0.6) is 0 Å². The predicted octanol–water partition coefficient (Wildman–Crippen LogP) is 0.932. The Kier molecular flexibility index (Phi) is 7.08. The summed E-state index contributed by atoms with van der Waals surface area (Å²) in [6.07, 6.45) is 3.12. The van der Waals surface area contributed by atoms with E-state index in [0.717, 1.165) is 23.5 Å². The number of hydrogen-bond acceptors (Lipinski definition) is 6. The Bertz CT molecular complexity index is 700. The van der Waals surface area contributed by atoms with Crippen LogP contribution in [0.4, 0.5) is 0 Å². The Morgan fingerprint density at radius 1 is 1.52 bits per heavy atom. The number of nitrogens with zero attached hydrogens (tertiary/aromatic N) is 4. The standard InChI is InChI=1S/C15H20N4O2S.CH2O2/c1-11-2-4-13(22-11)9-18(6-7-20)15(21)12-3-5-14-16-10-17-19(14)8-12;2-1-3/h2,4,10,12,20H,3,5-9H2,1H3;1H,(H,2,3). The van der Waals surface area contributed by atoms with E-state index in [9.17, 15) is 9.90 Å². The molecule has 0 saturated heterocycles. The van der Waals surface area contributed by atoms with Crippen LogP contribution in [0.15, 0.2) is 18.5 Å². The zero-order valence-corrected chi connectivity index (χ0v) is 14.9. The molecule has 2 aromatic rings. The molecule has 0 spiro atoms. The summed E-state index contributed by atoms with van der Waals surface area (Å²) in [5, 5.41) is 20.3. The zero-order chi connectivity index (χ0) is 18.2. The van der Waals surface area contributed by atoms with Gasteiger partial charge in [-0.25, -0.2) is 9.67 Å². The molecule has 3 rings (SSSR count). The summed E-state index contributed by atoms with van der Waals surface area (Å²) < 4.78 is 1.82. The Balaban J connectivity index is 0.000000701. The molecular formula is C16H22N4O4S. The van der Waals surface area contributed by atoms with Crippen molar-refractivity contribution in [3.63, 3.8) is 0 Å². The van der Waals surface area contributed by atoms with Gasteiger partial charge >= 0.3 is 0 Å². The molecule has 0 aromatic carbocycles. The number of rotatable bonds is 5. The van der Waals surface area contributed by atoms with Crippen LogP contribution in [-0.2, 0) is 29.1 Å². The van der Waals surface area contributed by atoms with Crippen molar-refractivity contribution < 1.29 is 19.8 Å². The number of aliphatic hydroxyl groups is 1. The average molecular weight is 366 g/mol. The summed E-state index contributed by atoms with van der Waals surface area (Å²) in [5.74, 6) is 0.967. The van der Waals surface area contributed by atoms with E-state index in [4.69, 9.17) is 9.90 Å². The molecule has 1 aliphatic heterocycles. The van der Waals surface area contributed by atoms with Gasteiger partial charge in [0.05, 0.1) is 25.6 Å². The highest BCUT2D eigenvalue weighted by Gasteiger charge is 2.29. The highest BCUT2D eigenvalue weighted by molar-refractivity contribution is 7.11. The number of thiophene rings is 1. The number of aliphatic hydroxyl groups excluding tert-OH is 1. The number of carbonyl (C=O) groups is 2. The first-order valence-corrected chi connectivity index (χ1v) is 8.80. The van der Waals surface area contributed by atoms with E-state index in [2.05, 4.69) is 23.1 Å². The molecule has 3 heterocycles. The minimum absolute atomic E-state index is 0.0165. The van der Waals surface area contributed by atoms with Crippen molar-refractivity contribution in [3.05, 3.63) is 34.0 Å². The van der Waals surface area contributed by atoms with Crippen molar-refractivity contribution in [1.82, 2.24) is 19.7 Å². The SMILES string of the molecule is Cc1ccc(CN(CCO)C(=O)C2CCc3ncnn3C2)s1.O=CO. The highest BCUT2D eigenvalue weighted by atomic mass is 32.1. The lowest BCUT2D eigenvalue weighted by Gasteiger charge is -2.28. The second-order valence-corrected chi connectivity index (χ2v) is 7.07. The third kappa shape index (κ3) is 5.10. The van der Waals surface area contributed by atoms with E-state index >= 15 is 0 Å².